The van der Waals surface area contributed by atoms with Gasteiger partial charge in [-0.25, -0.2) is 4.98 Å². The number of imidazole rings is 1. The van der Waals surface area contributed by atoms with Crippen LogP contribution in [0.25, 0.3) is 0 Å². The average molecular weight is 273 g/mol. The molecule has 1 N–H and O–H groups in total. The first-order chi connectivity index (χ1) is 9.78. The lowest BCUT2D eigenvalue weighted by Gasteiger charge is -2.27. The van der Waals surface area contributed by atoms with Gasteiger partial charge in [-0.15, -0.1) is 0 Å². The van der Waals surface area contributed by atoms with Crippen molar-refractivity contribution in [1.29, 1.82) is 0 Å². The number of nitrogens with one attached hydrogen (secondary N) is 1. The first kappa shape index (κ1) is 13.0. The van der Waals surface area contributed by atoms with Gasteiger partial charge in [-0.05, 0) is 18.1 Å². The van der Waals surface area contributed by atoms with E-state index in [9.17, 15) is 0 Å². The third-order valence-electron chi connectivity index (χ3n) is 3.66. The zero-order chi connectivity index (χ0) is 13.9. The lowest BCUT2D eigenvalue weighted by molar-refractivity contribution is 0.226. The Hall–Kier alpha value is -2.01. The number of aromatic nitrogens is 2. The van der Waals surface area contributed by atoms with Gasteiger partial charge in [-0.1, -0.05) is 12.1 Å². The number of methoxy groups -OCH3 is 1. The standard InChI is InChI=1S/C15H19N3O2/c1-18-10-16-7-13(18)8-17-12-6-11-4-3-5-14(19-2)15(11)20-9-12/h3-5,7,10,12,17H,6,8-9H2,1-2H3/t12-/m0/s1. The van der Waals surface area contributed by atoms with E-state index in [4.69, 9.17) is 9.47 Å². The summed E-state index contributed by atoms with van der Waals surface area (Å²) in [6.07, 6.45) is 4.65. The summed E-state index contributed by atoms with van der Waals surface area (Å²) in [7, 11) is 3.67. The molecule has 2 heterocycles. The van der Waals surface area contributed by atoms with Gasteiger partial charge in [0.05, 0.1) is 19.1 Å². The fraction of sp³-hybridized carbons (Fsp3) is 0.400. The topological polar surface area (TPSA) is 48.3 Å². The quantitative estimate of drug-likeness (QED) is 0.917. The molecular formula is C15H19N3O2. The normalized spacial score (nSPS) is 17.4. The Bertz CT molecular complexity index is 595. The largest absolute Gasteiger partial charge is 0.493 e. The SMILES string of the molecule is COc1cccc2c1OC[C@@H](NCc1cncn1C)C2. The molecule has 0 unspecified atom stereocenters. The number of benzene rings is 1. The third-order valence-corrected chi connectivity index (χ3v) is 3.66. The predicted octanol–water partition coefficient (Wildman–Crippen LogP) is 1.52. The van der Waals surface area contributed by atoms with Gasteiger partial charge in [0.25, 0.3) is 0 Å². The highest BCUT2D eigenvalue weighted by Crippen LogP contribution is 2.34. The van der Waals surface area contributed by atoms with Crippen molar-refractivity contribution < 1.29 is 9.47 Å². The van der Waals surface area contributed by atoms with E-state index in [0.717, 1.165) is 24.5 Å². The van der Waals surface area contributed by atoms with E-state index >= 15 is 0 Å². The molecule has 0 bridgehead atoms. The second kappa shape index (κ2) is 5.54. The molecule has 106 valence electrons. The van der Waals surface area contributed by atoms with Gasteiger partial charge in [-0.2, -0.15) is 0 Å². The van der Waals surface area contributed by atoms with Gasteiger partial charge in [0, 0.05) is 25.8 Å². The molecule has 0 saturated carbocycles. The molecule has 0 aliphatic carbocycles. The summed E-state index contributed by atoms with van der Waals surface area (Å²) in [5, 5.41) is 3.52. The van der Waals surface area contributed by atoms with Crippen LogP contribution in [-0.4, -0.2) is 29.3 Å². The van der Waals surface area contributed by atoms with Gasteiger partial charge in [0.1, 0.15) is 6.61 Å². The highest BCUT2D eigenvalue weighted by atomic mass is 16.5. The van der Waals surface area contributed by atoms with Crippen LogP contribution in [0.1, 0.15) is 11.3 Å². The number of nitrogens with zero attached hydrogens (tertiary/aromatic N) is 2. The van der Waals surface area contributed by atoms with Gasteiger partial charge in [0.2, 0.25) is 0 Å². The maximum Gasteiger partial charge on any atom is 0.164 e. The van der Waals surface area contributed by atoms with Crippen molar-refractivity contribution in [2.24, 2.45) is 7.05 Å². The van der Waals surface area contributed by atoms with Crippen LogP contribution in [0.2, 0.25) is 0 Å². The van der Waals surface area contributed by atoms with E-state index in [0.29, 0.717) is 12.6 Å². The number of hydrogen-bond acceptors (Lipinski definition) is 4. The van der Waals surface area contributed by atoms with Crippen LogP contribution >= 0.6 is 0 Å². The van der Waals surface area contributed by atoms with Gasteiger partial charge >= 0.3 is 0 Å². The van der Waals surface area contributed by atoms with E-state index in [1.807, 2.05) is 36.3 Å². The number of aryl methyl sites for hydroxylation is 1. The van der Waals surface area contributed by atoms with Crippen molar-refractivity contribution in [2.75, 3.05) is 13.7 Å². The summed E-state index contributed by atoms with van der Waals surface area (Å²) in [5.74, 6) is 1.70. The Labute approximate surface area is 118 Å². The highest BCUT2D eigenvalue weighted by molar-refractivity contribution is 5.48. The zero-order valence-corrected chi connectivity index (χ0v) is 11.8. The Morgan fingerprint density at radius 1 is 1.50 bits per heavy atom. The first-order valence-electron chi connectivity index (χ1n) is 6.75. The van der Waals surface area contributed by atoms with Crippen LogP contribution in [0.4, 0.5) is 0 Å². The molecule has 3 rings (SSSR count). The Morgan fingerprint density at radius 2 is 2.40 bits per heavy atom. The number of hydrogen-bond donors (Lipinski definition) is 1. The monoisotopic (exact) mass is 273 g/mol. The van der Waals surface area contributed by atoms with Gasteiger partial charge in [-0.3, -0.25) is 0 Å². The minimum Gasteiger partial charge on any atom is -0.493 e. The molecule has 1 aromatic heterocycles. The molecule has 0 radical (unpaired) electrons. The summed E-state index contributed by atoms with van der Waals surface area (Å²) >= 11 is 0. The third kappa shape index (κ3) is 2.49. The maximum absolute atomic E-state index is 5.85. The van der Waals surface area contributed by atoms with E-state index < -0.39 is 0 Å². The van der Waals surface area contributed by atoms with Crippen LogP contribution in [0.15, 0.2) is 30.7 Å². The van der Waals surface area contributed by atoms with Gasteiger partial charge < -0.3 is 19.4 Å². The summed E-state index contributed by atoms with van der Waals surface area (Å²) in [6.45, 7) is 1.45. The van der Waals surface area contributed by atoms with Crippen LogP contribution in [0, 0.1) is 0 Å². The zero-order valence-electron chi connectivity index (χ0n) is 11.8. The smallest absolute Gasteiger partial charge is 0.164 e. The molecule has 5 heteroatoms. The Balaban J connectivity index is 1.65. The molecule has 5 nitrogen and oxygen atoms in total. The molecule has 0 fully saturated rings. The second-order valence-electron chi connectivity index (χ2n) is 5.04. The molecule has 1 aromatic carbocycles. The van der Waals surface area contributed by atoms with Gasteiger partial charge in [0.15, 0.2) is 11.5 Å². The summed E-state index contributed by atoms with van der Waals surface area (Å²) < 4.78 is 13.2. The average Bonchev–Trinajstić information content (AvgIpc) is 2.89. The maximum atomic E-state index is 5.85. The van der Waals surface area contributed by atoms with Crippen molar-refractivity contribution in [3.63, 3.8) is 0 Å². The van der Waals surface area contributed by atoms with Crippen LogP contribution in [-0.2, 0) is 20.0 Å². The number of fused-ring (bicyclic) bond motifs is 1. The predicted molar refractivity (Wildman–Crippen MR) is 76.0 cm³/mol. The lowest BCUT2D eigenvalue weighted by Crippen LogP contribution is -2.39. The molecule has 1 atom stereocenters. The van der Waals surface area contributed by atoms with Crippen molar-refractivity contribution in [2.45, 2.75) is 19.0 Å². The first-order valence-corrected chi connectivity index (χ1v) is 6.75. The highest BCUT2D eigenvalue weighted by Gasteiger charge is 2.22. The molecule has 0 amide bonds. The Morgan fingerprint density at radius 3 is 3.15 bits per heavy atom. The van der Waals surface area contributed by atoms with E-state index in [2.05, 4.69) is 16.4 Å². The number of rotatable bonds is 4. The van der Waals surface area contributed by atoms with Crippen LogP contribution < -0.4 is 14.8 Å². The van der Waals surface area contributed by atoms with Crippen molar-refractivity contribution >= 4 is 0 Å². The minimum absolute atomic E-state index is 0.310. The number of ether oxygens (including phenoxy) is 2. The summed E-state index contributed by atoms with van der Waals surface area (Å²) in [5.41, 5.74) is 2.36. The van der Waals surface area contributed by atoms with Crippen LogP contribution in [0.5, 0.6) is 11.5 Å². The van der Waals surface area contributed by atoms with E-state index in [-0.39, 0.29) is 0 Å². The molecule has 20 heavy (non-hydrogen) atoms. The van der Waals surface area contributed by atoms with Crippen molar-refractivity contribution in [3.8, 4) is 11.5 Å². The molecule has 0 saturated heterocycles. The fourth-order valence-electron chi connectivity index (χ4n) is 2.49. The molecular weight excluding hydrogens is 254 g/mol. The summed E-state index contributed by atoms with van der Waals surface area (Å²) in [4.78, 5) is 4.12. The molecule has 2 aromatic rings. The molecule has 1 aliphatic rings. The van der Waals surface area contributed by atoms with E-state index in [1.54, 1.807) is 7.11 Å². The number of para-hydroxylation sites is 1. The lowest BCUT2D eigenvalue weighted by atomic mass is 10.0. The summed E-state index contributed by atoms with van der Waals surface area (Å²) in [6, 6.07) is 6.34. The molecule has 0 spiro atoms. The van der Waals surface area contributed by atoms with Crippen molar-refractivity contribution in [1.82, 2.24) is 14.9 Å². The Kier molecular flexibility index (Phi) is 3.60. The molecule has 1 aliphatic heterocycles. The van der Waals surface area contributed by atoms with Crippen molar-refractivity contribution in [3.05, 3.63) is 42.0 Å². The fourth-order valence-corrected chi connectivity index (χ4v) is 2.49. The van der Waals surface area contributed by atoms with E-state index in [1.165, 1.54) is 11.3 Å². The second-order valence-corrected chi connectivity index (χ2v) is 5.04. The minimum atomic E-state index is 0.310. The van der Waals surface area contributed by atoms with Crippen LogP contribution in [0.3, 0.4) is 0 Å².